The minimum Gasteiger partial charge on any atom is -0.364 e. The number of anilines is 1. The van der Waals surface area contributed by atoms with Crippen molar-refractivity contribution in [2.45, 2.75) is 18.9 Å². The van der Waals surface area contributed by atoms with E-state index >= 15 is 0 Å². The maximum absolute atomic E-state index is 14.3. The number of fused-ring (bicyclic) bond motifs is 1. The number of carbonyl (C=O) groups is 1. The van der Waals surface area contributed by atoms with Gasteiger partial charge in [0.25, 0.3) is 5.91 Å². The van der Waals surface area contributed by atoms with Crippen LogP contribution in [-0.2, 0) is 10.0 Å². The Labute approximate surface area is 166 Å². The Morgan fingerprint density at radius 1 is 1.24 bits per heavy atom. The highest BCUT2D eigenvalue weighted by molar-refractivity contribution is 7.89. The summed E-state index contributed by atoms with van der Waals surface area (Å²) in [7, 11) is -3.72. The number of pyridine rings is 1. The average Bonchev–Trinajstić information content (AvgIpc) is 3.28. The fraction of sp³-hybridized carbons (Fsp3) is 0.263. The largest absolute Gasteiger partial charge is 0.364 e. The fourth-order valence-corrected chi connectivity index (χ4v) is 4.16. The smallest absolute Gasteiger partial charge is 0.268 e. The zero-order valence-corrected chi connectivity index (χ0v) is 16.3. The van der Waals surface area contributed by atoms with Gasteiger partial charge in [-0.1, -0.05) is 0 Å². The Kier molecular flexibility index (Phi) is 4.73. The summed E-state index contributed by atoms with van der Waals surface area (Å²) in [5, 5.41) is 4.07. The second-order valence-electron chi connectivity index (χ2n) is 6.99. The summed E-state index contributed by atoms with van der Waals surface area (Å²) in [5.74, 6) is -1.75. The SMILES string of the molecule is CS(=O)(=O)NC(=O)c1cnn2ccc(N3CCCC3c3cc(F)ccc3F)cc12. The third kappa shape index (κ3) is 3.80. The molecule has 0 radical (unpaired) electrons. The van der Waals surface area contributed by atoms with Crippen LogP contribution in [0.1, 0.15) is 34.8 Å². The van der Waals surface area contributed by atoms with E-state index in [0.29, 0.717) is 24.2 Å². The van der Waals surface area contributed by atoms with Crippen LogP contribution in [0.5, 0.6) is 0 Å². The van der Waals surface area contributed by atoms with Crippen molar-refractivity contribution in [3.05, 3.63) is 65.5 Å². The van der Waals surface area contributed by atoms with Crippen LogP contribution < -0.4 is 9.62 Å². The lowest BCUT2D eigenvalue weighted by atomic mass is 10.0. The van der Waals surface area contributed by atoms with Crippen molar-refractivity contribution in [3.8, 4) is 0 Å². The van der Waals surface area contributed by atoms with E-state index in [0.717, 1.165) is 24.8 Å². The van der Waals surface area contributed by atoms with Gasteiger partial charge in [0.15, 0.2) is 0 Å². The summed E-state index contributed by atoms with van der Waals surface area (Å²) in [4.78, 5) is 14.2. The molecule has 1 N–H and O–H groups in total. The first-order chi connectivity index (χ1) is 13.7. The van der Waals surface area contributed by atoms with Gasteiger partial charge in [-0.3, -0.25) is 4.79 Å². The highest BCUT2D eigenvalue weighted by Crippen LogP contribution is 2.38. The molecule has 1 saturated heterocycles. The maximum atomic E-state index is 14.3. The van der Waals surface area contributed by atoms with Crippen molar-refractivity contribution in [2.75, 3.05) is 17.7 Å². The predicted molar refractivity (Wildman–Crippen MR) is 103 cm³/mol. The molecule has 10 heteroatoms. The molecule has 0 bridgehead atoms. The van der Waals surface area contributed by atoms with E-state index in [9.17, 15) is 22.0 Å². The van der Waals surface area contributed by atoms with Crippen LogP contribution in [0.25, 0.3) is 5.52 Å². The lowest BCUT2D eigenvalue weighted by Gasteiger charge is -2.27. The second kappa shape index (κ2) is 7.11. The van der Waals surface area contributed by atoms with Gasteiger partial charge in [0, 0.05) is 24.0 Å². The first-order valence-corrected chi connectivity index (χ1v) is 10.8. The molecule has 0 spiro atoms. The van der Waals surface area contributed by atoms with Crippen molar-refractivity contribution < 1.29 is 22.0 Å². The third-order valence-electron chi connectivity index (χ3n) is 4.93. The molecule has 0 aliphatic carbocycles. The van der Waals surface area contributed by atoms with E-state index < -0.39 is 27.6 Å². The molecule has 1 unspecified atom stereocenters. The minimum absolute atomic E-state index is 0.102. The number of carbonyl (C=O) groups excluding carboxylic acids is 1. The summed E-state index contributed by atoms with van der Waals surface area (Å²) in [6, 6.07) is 6.54. The van der Waals surface area contributed by atoms with Crippen molar-refractivity contribution in [1.29, 1.82) is 0 Å². The number of hydrogen-bond donors (Lipinski definition) is 1. The lowest BCUT2D eigenvalue weighted by molar-refractivity contribution is 0.0983. The monoisotopic (exact) mass is 420 g/mol. The number of rotatable bonds is 4. The molecule has 29 heavy (non-hydrogen) atoms. The highest BCUT2D eigenvalue weighted by Gasteiger charge is 2.29. The van der Waals surface area contributed by atoms with Crippen LogP contribution in [0, 0.1) is 11.6 Å². The summed E-state index contributed by atoms with van der Waals surface area (Å²) >= 11 is 0. The van der Waals surface area contributed by atoms with Gasteiger partial charge in [-0.15, -0.1) is 0 Å². The summed E-state index contributed by atoms with van der Waals surface area (Å²) in [6.45, 7) is 0.635. The molecule has 1 amide bonds. The molecule has 2 aromatic heterocycles. The molecule has 4 rings (SSSR count). The third-order valence-corrected chi connectivity index (χ3v) is 5.49. The molecule has 0 saturated carbocycles. The lowest BCUT2D eigenvalue weighted by Crippen LogP contribution is -2.29. The number of aromatic nitrogens is 2. The number of benzene rings is 1. The standard InChI is InChI=1S/C19H18F2N4O3S/c1-29(27,28)23-19(26)15-11-22-25-8-6-13(10-18(15)25)24-7-2-3-17(24)14-9-12(20)4-5-16(14)21/h4-6,8-11,17H,2-3,7H2,1H3,(H,23,26). The van der Waals surface area contributed by atoms with Gasteiger partial charge in [-0.2, -0.15) is 5.10 Å². The quantitative estimate of drug-likeness (QED) is 0.702. The first-order valence-electron chi connectivity index (χ1n) is 8.94. The van der Waals surface area contributed by atoms with Crippen LogP contribution >= 0.6 is 0 Å². The Hall–Kier alpha value is -3.01. The van der Waals surface area contributed by atoms with Crippen LogP contribution in [0.3, 0.4) is 0 Å². The molecular formula is C19H18F2N4O3S. The predicted octanol–water partition coefficient (Wildman–Crippen LogP) is 2.64. The number of nitrogens with one attached hydrogen (secondary N) is 1. The van der Waals surface area contributed by atoms with Crippen molar-refractivity contribution in [1.82, 2.24) is 14.3 Å². The molecule has 1 aliphatic heterocycles. The Bertz CT molecular complexity index is 1210. The van der Waals surface area contributed by atoms with E-state index in [1.54, 1.807) is 18.3 Å². The topological polar surface area (TPSA) is 83.8 Å². The van der Waals surface area contributed by atoms with Crippen molar-refractivity contribution in [2.24, 2.45) is 0 Å². The van der Waals surface area contributed by atoms with Crippen molar-refractivity contribution in [3.63, 3.8) is 0 Å². The molecule has 1 aromatic carbocycles. The van der Waals surface area contributed by atoms with Gasteiger partial charge < -0.3 is 4.90 Å². The van der Waals surface area contributed by atoms with E-state index in [4.69, 9.17) is 0 Å². The number of sulfonamides is 1. The Morgan fingerprint density at radius 3 is 2.79 bits per heavy atom. The van der Waals surface area contributed by atoms with Crippen molar-refractivity contribution >= 4 is 27.1 Å². The number of hydrogen-bond acceptors (Lipinski definition) is 5. The normalized spacial score (nSPS) is 17.1. The zero-order valence-electron chi connectivity index (χ0n) is 15.5. The van der Waals surface area contributed by atoms with Gasteiger partial charge in [-0.05, 0) is 43.2 Å². The molecule has 7 nitrogen and oxygen atoms in total. The molecule has 152 valence electrons. The summed E-state index contributed by atoms with van der Waals surface area (Å²) in [6.07, 6.45) is 5.27. The van der Waals surface area contributed by atoms with E-state index in [1.807, 2.05) is 9.62 Å². The van der Waals surface area contributed by atoms with Gasteiger partial charge in [0.05, 0.1) is 29.6 Å². The van der Waals surface area contributed by atoms with Crippen LogP contribution in [0.2, 0.25) is 0 Å². The maximum Gasteiger partial charge on any atom is 0.268 e. The van der Waals surface area contributed by atoms with E-state index in [-0.39, 0.29) is 17.2 Å². The minimum atomic E-state index is -3.72. The number of nitrogens with zero attached hydrogens (tertiary/aromatic N) is 3. The van der Waals surface area contributed by atoms with Crippen LogP contribution in [-0.4, -0.2) is 36.7 Å². The first kappa shape index (κ1) is 19.3. The van der Waals surface area contributed by atoms with Gasteiger partial charge in [0.2, 0.25) is 10.0 Å². The van der Waals surface area contributed by atoms with Gasteiger partial charge in [-0.25, -0.2) is 26.4 Å². The molecular weight excluding hydrogens is 402 g/mol. The van der Waals surface area contributed by atoms with E-state index in [1.165, 1.54) is 16.8 Å². The average molecular weight is 420 g/mol. The molecule has 1 fully saturated rings. The summed E-state index contributed by atoms with van der Waals surface area (Å²) < 4.78 is 54.1. The molecule has 3 aromatic rings. The highest BCUT2D eigenvalue weighted by atomic mass is 32.2. The fourth-order valence-electron chi connectivity index (χ4n) is 3.72. The van der Waals surface area contributed by atoms with E-state index in [2.05, 4.69) is 5.10 Å². The van der Waals surface area contributed by atoms with Gasteiger partial charge >= 0.3 is 0 Å². The second-order valence-corrected chi connectivity index (χ2v) is 8.74. The van der Waals surface area contributed by atoms with Crippen LogP contribution in [0.15, 0.2) is 42.7 Å². The Balaban J connectivity index is 1.73. The van der Waals surface area contributed by atoms with Gasteiger partial charge in [0.1, 0.15) is 11.6 Å². The Morgan fingerprint density at radius 2 is 2.03 bits per heavy atom. The number of halogens is 2. The summed E-state index contributed by atoms with van der Waals surface area (Å²) in [5.41, 5.74) is 1.50. The molecule has 1 atom stereocenters. The van der Waals surface area contributed by atoms with Crippen LogP contribution in [0.4, 0.5) is 14.5 Å². The molecule has 3 heterocycles. The molecule has 1 aliphatic rings. The number of amides is 1. The zero-order chi connectivity index (χ0) is 20.8.